The van der Waals surface area contributed by atoms with E-state index in [0.717, 1.165) is 12.0 Å². The Labute approximate surface area is 207 Å². The Morgan fingerprint density at radius 1 is 1.12 bits per heavy atom. The minimum absolute atomic E-state index is 0. The zero-order chi connectivity index (χ0) is 22.8. The number of hydrogen-bond acceptors (Lipinski definition) is 7. The van der Waals surface area contributed by atoms with Crippen LogP contribution in [0.25, 0.3) is 17.0 Å². The highest BCUT2D eigenvalue weighted by Gasteiger charge is 2.22. The van der Waals surface area contributed by atoms with Gasteiger partial charge in [-0.2, -0.15) is 28.7 Å². The van der Waals surface area contributed by atoms with E-state index in [4.69, 9.17) is 32.7 Å². The van der Waals surface area contributed by atoms with Gasteiger partial charge in [0.1, 0.15) is 11.0 Å². The molecule has 3 heterocycles. The van der Waals surface area contributed by atoms with Crippen molar-refractivity contribution in [2.45, 2.75) is 26.3 Å². The molecule has 0 spiro atoms. The normalized spacial score (nSPS) is 11.8. The molecule has 0 aliphatic heterocycles. The van der Waals surface area contributed by atoms with Gasteiger partial charge in [-0.1, -0.05) is 36.2 Å². The molecule has 0 aliphatic rings. The standard InChI is InChI=1S/C21H20Cl2N6O3.H2S/c1-4-17(12-6-7-14(22)15(23)8-12)29-18-16(10-25-29)26-21(27-19(18)31-3)28-11-13(9-24-28)20(30)32-5-2;/h6-11,17H,4-5H2,1-3H3;1H2/t17-;/m0./s1. The number of carbonyl (C=O) groups is 1. The van der Waals surface area contributed by atoms with E-state index in [1.54, 1.807) is 19.2 Å². The second-order valence-electron chi connectivity index (χ2n) is 6.85. The van der Waals surface area contributed by atoms with Crippen molar-refractivity contribution in [2.24, 2.45) is 0 Å². The highest BCUT2D eigenvalue weighted by atomic mass is 35.5. The largest absolute Gasteiger partial charge is 0.479 e. The van der Waals surface area contributed by atoms with E-state index in [2.05, 4.69) is 20.2 Å². The van der Waals surface area contributed by atoms with Crippen LogP contribution < -0.4 is 4.74 Å². The summed E-state index contributed by atoms with van der Waals surface area (Å²) in [6.45, 7) is 4.06. The molecule has 0 saturated heterocycles. The number of methoxy groups -OCH3 is 1. The van der Waals surface area contributed by atoms with Crippen LogP contribution in [0.4, 0.5) is 0 Å². The SMILES string of the molecule is CCOC(=O)c1cnn(-c2nc(OC)c3c(cnn3[C@@H](CC)c3ccc(Cl)c(Cl)c3)n2)c1.S. The van der Waals surface area contributed by atoms with Crippen LogP contribution in [0.5, 0.6) is 5.88 Å². The lowest BCUT2D eigenvalue weighted by Gasteiger charge is -2.18. The van der Waals surface area contributed by atoms with Gasteiger partial charge in [-0.3, -0.25) is 4.68 Å². The van der Waals surface area contributed by atoms with Crippen molar-refractivity contribution >= 4 is 53.7 Å². The second kappa shape index (κ2) is 10.4. The zero-order valence-corrected chi connectivity index (χ0v) is 20.6. The van der Waals surface area contributed by atoms with Crippen LogP contribution in [-0.2, 0) is 4.74 Å². The monoisotopic (exact) mass is 508 g/mol. The van der Waals surface area contributed by atoms with Gasteiger partial charge in [-0.05, 0) is 31.0 Å². The Morgan fingerprint density at radius 3 is 2.58 bits per heavy atom. The van der Waals surface area contributed by atoms with E-state index in [-0.39, 0.29) is 32.1 Å². The maximum Gasteiger partial charge on any atom is 0.341 e. The van der Waals surface area contributed by atoms with Crippen molar-refractivity contribution in [1.29, 1.82) is 0 Å². The van der Waals surface area contributed by atoms with Crippen molar-refractivity contribution in [3.63, 3.8) is 0 Å². The third kappa shape index (κ3) is 4.78. The maximum absolute atomic E-state index is 11.9. The Kier molecular flexibility index (Phi) is 7.83. The average Bonchev–Trinajstić information content (AvgIpc) is 3.44. The molecule has 0 unspecified atom stereocenters. The summed E-state index contributed by atoms with van der Waals surface area (Å²) >= 11 is 12.3. The van der Waals surface area contributed by atoms with Crippen LogP contribution >= 0.6 is 36.7 Å². The Hall–Kier alpha value is -2.82. The fourth-order valence-corrected chi connectivity index (χ4v) is 3.73. The number of ether oxygens (including phenoxy) is 2. The van der Waals surface area contributed by atoms with E-state index in [1.165, 1.54) is 24.2 Å². The van der Waals surface area contributed by atoms with Crippen LogP contribution in [0.1, 0.15) is 42.2 Å². The molecule has 12 heteroatoms. The molecule has 0 N–H and O–H groups in total. The minimum atomic E-state index is -0.466. The Balaban J connectivity index is 0.00000306. The molecule has 0 radical (unpaired) electrons. The van der Waals surface area contributed by atoms with Crippen LogP contribution in [0, 0.1) is 0 Å². The molecule has 0 fully saturated rings. The third-order valence-corrected chi connectivity index (χ3v) is 5.64. The third-order valence-electron chi connectivity index (χ3n) is 4.90. The van der Waals surface area contributed by atoms with Crippen molar-refractivity contribution in [2.75, 3.05) is 13.7 Å². The van der Waals surface area contributed by atoms with Crippen LogP contribution in [0.2, 0.25) is 10.0 Å². The lowest BCUT2D eigenvalue weighted by Crippen LogP contribution is -2.13. The molecule has 0 aliphatic carbocycles. The fourth-order valence-electron chi connectivity index (χ4n) is 3.42. The van der Waals surface area contributed by atoms with Gasteiger partial charge >= 0.3 is 5.97 Å². The number of aromatic nitrogens is 6. The van der Waals surface area contributed by atoms with Crippen molar-refractivity contribution in [1.82, 2.24) is 29.5 Å². The van der Waals surface area contributed by atoms with Crippen LogP contribution in [0.3, 0.4) is 0 Å². The van der Waals surface area contributed by atoms with Crippen LogP contribution in [0.15, 0.2) is 36.8 Å². The smallest absolute Gasteiger partial charge is 0.341 e. The zero-order valence-electron chi connectivity index (χ0n) is 18.1. The lowest BCUT2D eigenvalue weighted by molar-refractivity contribution is 0.0526. The highest BCUT2D eigenvalue weighted by molar-refractivity contribution is 7.59. The summed E-state index contributed by atoms with van der Waals surface area (Å²) in [5, 5.41) is 9.69. The number of nitrogens with zero attached hydrogens (tertiary/aromatic N) is 6. The predicted molar refractivity (Wildman–Crippen MR) is 130 cm³/mol. The number of rotatable bonds is 7. The van der Waals surface area contributed by atoms with E-state index in [0.29, 0.717) is 32.5 Å². The summed E-state index contributed by atoms with van der Waals surface area (Å²) in [4.78, 5) is 21.0. The number of fused-ring (bicyclic) bond motifs is 1. The Bertz CT molecular complexity index is 1290. The van der Waals surface area contributed by atoms with E-state index < -0.39 is 5.97 Å². The molecule has 1 aromatic carbocycles. The molecule has 0 amide bonds. The summed E-state index contributed by atoms with van der Waals surface area (Å²) < 4.78 is 13.8. The van der Waals surface area contributed by atoms with E-state index in [9.17, 15) is 4.79 Å². The van der Waals surface area contributed by atoms with Gasteiger partial charge in [-0.25, -0.2) is 14.5 Å². The van der Waals surface area contributed by atoms with Crippen molar-refractivity contribution in [3.05, 3.63) is 58.0 Å². The topological polar surface area (TPSA) is 97.0 Å². The molecule has 33 heavy (non-hydrogen) atoms. The molecular formula is C21H22Cl2N6O3S. The average molecular weight is 509 g/mol. The molecule has 3 aromatic heterocycles. The molecular weight excluding hydrogens is 487 g/mol. The van der Waals surface area contributed by atoms with Gasteiger partial charge in [0.15, 0.2) is 0 Å². The maximum atomic E-state index is 11.9. The molecule has 9 nitrogen and oxygen atoms in total. The molecule has 4 aromatic rings. The number of esters is 1. The summed E-state index contributed by atoms with van der Waals surface area (Å²) in [5.74, 6) is 0.105. The second-order valence-corrected chi connectivity index (χ2v) is 7.66. The summed E-state index contributed by atoms with van der Waals surface area (Å²) in [6.07, 6.45) is 5.28. The van der Waals surface area contributed by atoms with E-state index in [1.807, 2.05) is 23.7 Å². The summed E-state index contributed by atoms with van der Waals surface area (Å²) in [7, 11) is 1.52. The number of carbonyl (C=O) groups excluding carboxylic acids is 1. The van der Waals surface area contributed by atoms with Gasteiger partial charge in [0, 0.05) is 6.20 Å². The highest BCUT2D eigenvalue weighted by Crippen LogP contribution is 2.33. The first-order valence-electron chi connectivity index (χ1n) is 9.93. The molecule has 1 atom stereocenters. The lowest BCUT2D eigenvalue weighted by atomic mass is 10.0. The van der Waals surface area contributed by atoms with Crippen molar-refractivity contribution in [3.8, 4) is 11.8 Å². The first-order valence-corrected chi connectivity index (χ1v) is 10.7. The molecule has 0 bridgehead atoms. The molecule has 174 valence electrons. The van der Waals surface area contributed by atoms with Gasteiger partial charge < -0.3 is 9.47 Å². The quantitative estimate of drug-likeness (QED) is 0.336. The number of halogens is 2. The summed E-state index contributed by atoms with van der Waals surface area (Å²) in [5.41, 5.74) is 2.45. The predicted octanol–water partition coefficient (Wildman–Crippen LogP) is 4.62. The summed E-state index contributed by atoms with van der Waals surface area (Å²) in [6, 6.07) is 5.37. The van der Waals surface area contributed by atoms with Gasteiger partial charge in [0.2, 0.25) is 5.88 Å². The number of benzene rings is 1. The van der Waals surface area contributed by atoms with Gasteiger partial charge in [0.05, 0.1) is 47.8 Å². The van der Waals surface area contributed by atoms with Gasteiger partial charge in [-0.15, -0.1) is 0 Å². The number of hydrogen-bond donors (Lipinski definition) is 0. The van der Waals surface area contributed by atoms with E-state index >= 15 is 0 Å². The Morgan fingerprint density at radius 2 is 1.91 bits per heavy atom. The molecule has 4 rings (SSSR count). The fraction of sp³-hybridized carbons (Fsp3) is 0.286. The first kappa shape index (κ1) is 24.8. The first-order chi connectivity index (χ1) is 15.5. The van der Waals surface area contributed by atoms with Crippen LogP contribution in [-0.4, -0.2) is 49.2 Å². The minimum Gasteiger partial charge on any atom is -0.479 e. The molecule has 0 saturated carbocycles. The van der Waals surface area contributed by atoms with Gasteiger partial charge in [0.25, 0.3) is 5.95 Å². The van der Waals surface area contributed by atoms with Crippen molar-refractivity contribution < 1.29 is 14.3 Å².